The van der Waals surface area contributed by atoms with E-state index in [1.807, 2.05) is 12.1 Å². The van der Waals surface area contributed by atoms with E-state index in [9.17, 15) is 5.11 Å². The maximum atomic E-state index is 9.33. The molecule has 0 aliphatic carbocycles. The Balaban J connectivity index is 2.89. The van der Waals surface area contributed by atoms with Crippen LogP contribution in [0, 0.1) is 5.92 Å². The quantitative estimate of drug-likeness (QED) is 0.696. The molecular weight excluding hydrogens is 266 g/mol. The summed E-state index contributed by atoms with van der Waals surface area (Å²) >= 11 is 0. The molecule has 21 heavy (non-hydrogen) atoms. The van der Waals surface area contributed by atoms with Crippen LogP contribution in [0.15, 0.2) is 18.2 Å². The molecule has 0 fully saturated rings. The third-order valence-electron chi connectivity index (χ3n) is 3.82. The van der Waals surface area contributed by atoms with Gasteiger partial charge in [0.05, 0.1) is 13.7 Å². The van der Waals surface area contributed by atoms with Gasteiger partial charge in [0.1, 0.15) is 0 Å². The van der Waals surface area contributed by atoms with E-state index in [1.54, 1.807) is 7.11 Å². The van der Waals surface area contributed by atoms with Gasteiger partial charge in [0, 0.05) is 6.61 Å². The highest BCUT2D eigenvalue weighted by molar-refractivity contribution is 5.44. The minimum absolute atomic E-state index is 0.141. The van der Waals surface area contributed by atoms with Crippen molar-refractivity contribution in [2.24, 2.45) is 11.7 Å². The topological polar surface area (TPSA) is 64.7 Å². The Morgan fingerprint density at radius 1 is 1.24 bits per heavy atom. The normalized spacial score (nSPS) is 13.8. The van der Waals surface area contributed by atoms with Gasteiger partial charge in [0.2, 0.25) is 0 Å². The molecule has 0 saturated heterocycles. The number of hydrogen-bond acceptors (Lipinski definition) is 4. The molecule has 0 radical (unpaired) electrons. The molecule has 4 nitrogen and oxygen atoms in total. The molecule has 0 aliphatic rings. The van der Waals surface area contributed by atoms with Gasteiger partial charge in [0.25, 0.3) is 0 Å². The number of benzene rings is 1. The van der Waals surface area contributed by atoms with E-state index in [2.05, 4.69) is 19.9 Å². The summed E-state index contributed by atoms with van der Waals surface area (Å²) in [5, 5.41) is 9.33. The molecule has 0 bridgehead atoms. The van der Waals surface area contributed by atoms with Crippen molar-refractivity contribution in [2.75, 3.05) is 26.9 Å². The van der Waals surface area contributed by atoms with Crippen molar-refractivity contribution in [3.63, 3.8) is 0 Å². The standard InChI is InChI=1S/C17H29NO3/c1-4-8-21-16-7-6-15(10-17(16)20-3)14(5-2)9-13(11-18)12-19/h6-7,10,13-14,19H,4-5,8-9,11-12,18H2,1-3H3. The van der Waals surface area contributed by atoms with Gasteiger partial charge in [-0.25, -0.2) is 0 Å². The highest BCUT2D eigenvalue weighted by atomic mass is 16.5. The first-order chi connectivity index (χ1) is 10.2. The first-order valence-corrected chi connectivity index (χ1v) is 7.81. The molecule has 1 aromatic carbocycles. The van der Waals surface area contributed by atoms with Gasteiger partial charge in [-0.2, -0.15) is 0 Å². The highest BCUT2D eigenvalue weighted by Gasteiger charge is 2.17. The van der Waals surface area contributed by atoms with Gasteiger partial charge in [-0.3, -0.25) is 0 Å². The fourth-order valence-corrected chi connectivity index (χ4v) is 2.46. The lowest BCUT2D eigenvalue weighted by Crippen LogP contribution is -2.20. The van der Waals surface area contributed by atoms with E-state index in [0.717, 1.165) is 30.8 Å². The summed E-state index contributed by atoms with van der Waals surface area (Å²) in [6.45, 7) is 5.58. The average Bonchev–Trinajstić information content (AvgIpc) is 2.54. The van der Waals surface area contributed by atoms with Crippen molar-refractivity contribution in [2.45, 2.75) is 39.0 Å². The molecule has 0 aliphatic heterocycles. The van der Waals surface area contributed by atoms with E-state index in [4.69, 9.17) is 15.2 Å². The van der Waals surface area contributed by atoms with Crippen molar-refractivity contribution in [3.05, 3.63) is 23.8 Å². The average molecular weight is 295 g/mol. The Kier molecular flexibility index (Phi) is 8.16. The van der Waals surface area contributed by atoms with Crippen molar-refractivity contribution in [3.8, 4) is 11.5 Å². The molecule has 0 heterocycles. The lowest BCUT2D eigenvalue weighted by Gasteiger charge is -2.21. The zero-order valence-corrected chi connectivity index (χ0v) is 13.5. The molecule has 0 spiro atoms. The lowest BCUT2D eigenvalue weighted by atomic mass is 9.87. The van der Waals surface area contributed by atoms with E-state index < -0.39 is 0 Å². The second-order valence-corrected chi connectivity index (χ2v) is 5.38. The zero-order chi connectivity index (χ0) is 15.7. The number of methoxy groups -OCH3 is 1. The summed E-state index contributed by atoms with van der Waals surface area (Å²) in [4.78, 5) is 0. The van der Waals surface area contributed by atoms with Crippen LogP contribution in [0.2, 0.25) is 0 Å². The van der Waals surface area contributed by atoms with Crippen LogP contribution in [0.4, 0.5) is 0 Å². The van der Waals surface area contributed by atoms with Crippen molar-refractivity contribution in [1.82, 2.24) is 0 Å². The van der Waals surface area contributed by atoms with Crippen molar-refractivity contribution >= 4 is 0 Å². The first kappa shape index (κ1) is 17.8. The number of aliphatic hydroxyl groups is 1. The Morgan fingerprint density at radius 3 is 2.52 bits per heavy atom. The fourth-order valence-electron chi connectivity index (χ4n) is 2.46. The summed E-state index contributed by atoms with van der Waals surface area (Å²) < 4.78 is 11.1. The van der Waals surface area contributed by atoms with Gasteiger partial charge in [-0.1, -0.05) is 19.9 Å². The predicted molar refractivity (Wildman–Crippen MR) is 86.1 cm³/mol. The first-order valence-electron chi connectivity index (χ1n) is 7.81. The van der Waals surface area contributed by atoms with Gasteiger partial charge >= 0.3 is 0 Å². The highest BCUT2D eigenvalue weighted by Crippen LogP contribution is 2.34. The van der Waals surface area contributed by atoms with Crippen molar-refractivity contribution < 1.29 is 14.6 Å². The van der Waals surface area contributed by atoms with Crippen LogP contribution in [0.1, 0.15) is 44.6 Å². The fraction of sp³-hybridized carbons (Fsp3) is 0.647. The molecule has 2 atom stereocenters. The Labute approximate surface area is 128 Å². The second kappa shape index (κ2) is 9.64. The molecule has 120 valence electrons. The summed E-state index contributed by atoms with van der Waals surface area (Å²) in [5.74, 6) is 2.08. The molecule has 1 rings (SSSR count). The third kappa shape index (κ3) is 5.21. The Morgan fingerprint density at radius 2 is 2.00 bits per heavy atom. The van der Waals surface area contributed by atoms with Gasteiger partial charge in [0.15, 0.2) is 11.5 Å². The van der Waals surface area contributed by atoms with Gasteiger partial charge in [-0.15, -0.1) is 0 Å². The van der Waals surface area contributed by atoms with E-state index in [-0.39, 0.29) is 12.5 Å². The maximum Gasteiger partial charge on any atom is 0.161 e. The Bertz CT molecular complexity index is 405. The number of hydrogen-bond donors (Lipinski definition) is 2. The monoisotopic (exact) mass is 295 g/mol. The largest absolute Gasteiger partial charge is 0.493 e. The van der Waals surface area contributed by atoms with Crippen LogP contribution in [-0.2, 0) is 0 Å². The Hall–Kier alpha value is -1.26. The second-order valence-electron chi connectivity index (χ2n) is 5.38. The van der Waals surface area contributed by atoms with Crippen LogP contribution in [0.5, 0.6) is 11.5 Å². The SMILES string of the molecule is CCCOc1ccc(C(CC)CC(CN)CO)cc1OC. The smallest absolute Gasteiger partial charge is 0.161 e. The maximum absolute atomic E-state index is 9.33. The van der Waals surface area contributed by atoms with Crippen LogP contribution in [0.3, 0.4) is 0 Å². The molecule has 0 saturated carbocycles. The summed E-state index contributed by atoms with van der Waals surface area (Å²) in [6.07, 6.45) is 2.87. The number of rotatable bonds is 10. The number of ether oxygens (including phenoxy) is 2. The molecule has 3 N–H and O–H groups in total. The molecule has 0 aromatic heterocycles. The summed E-state index contributed by atoms with van der Waals surface area (Å²) in [7, 11) is 1.66. The predicted octanol–water partition coefficient (Wildman–Crippen LogP) is 2.93. The lowest BCUT2D eigenvalue weighted by molar-refractivity contribution is 0.214. The summed E-state index contributed by atoms with van der Waals surface area (Å²) in [6, 6.07) is 6.11. The molecule has 0 amide bonds. The minimum Gasteiger partial charge on any atom is -0.493 e. The third-order valence-corrected chi connectivity index (χ3v) is 3.82. The minimum atomic E-state index is 0.141. The van der Waals surface area contributed by atoms with Crippen molar-refractivity contribution in [1.29, 1.82) is 0 Å². The number of nitrogens with two attached hydrogens (primary N) is 1. The van der Waals surface area contributed by atoms with E-state index in [1.165, 1.54) is 5.56 Å². The molecule has 1 aromatic rings. The van der Waals surface area contributed by atoms with Gasteiger partial charge < -0.3 is 20.3 Å². The molecule has 2 unspecified atom stereocenters. The van der Waals surface area contributed by atoms with Crippen LogP contribution in [-0.4, -0.2) is 32.0 Å². The zero-order valence-electron chi connectivity index (χ0n) is 13.5. The van der Waals surface area contributed by atoms with Crippen LogP contribution in [0.25, 0.3) is 0 Å². The van der Waals surface area contributed by atoms with Crippen LogP contribution < -0.4 is 15.2 Å². The van der Waals surface area contributed by atoms with E-state index >= 15 is 0 Å². The molecular formula is C17H29NO3. The van der Waals surface area contributed by atoms with Crippen LogP contribution >= 0.6 is 0 Å². The van der Waals surface area contributed by atoms with E-state index in [0.29, 0.717) is 19.1 Å². The number of aliphatic hydroxyl groups excluding tert-OH is 1. The summed E-state index contributed by atoms with van der Waals surface area (Å²) in [5.41, 5.74) is 6.91. The van der Waals surface area contributed by atoms with Gasteiger partial charge in [-0.05, 0) is 55.3 Å². The molecule has 4 heteroatoms.